The second kappa shape index (κ2) is 4.10. The van der Waals surface area contributed by atoms with Gasteiger partial charge in [0.1, 0.15) is 0 Å². The Balaban J connectivity index is 1.97. The zero-order valence-corrected chi connectivity index (χ0v) is 5.83. The molecular weight excluding hydrogens is 125 g/mol. The van der Waals surface area contributed by atoms with Crippen LogP contribution in [0.5, 0.6) is 0 Å². The van der Waals surface area contributed by atoms with Crippen LogP contribution in [0.15, 0.2) is 0 Å². The van der Waals surface area contributed by atoms with Crippen molar-refractivity contribution in [1.82, 2.24) is 0 Å². The van der Waals surface area contributed by atoms with Gasteiger partial charge in [-0.05, 0) is 0 Å². The molecule has 0 rings (SSSR count). The molecule has 0 heterocycles. The molecule has 0 aliphatic carbocycles. The summed E-state index contributed by atoms with van der Waals surface area (Å²) < 4.78 is 1.45. The van der Waals surface area contributed by atoms with Gasteiger partial charge in [0.15, 0.2) is 0 Å². The van der Waals surface area contributed by atoms with Crippen LogP contribution in [0.4, 0.5) is 0 Å². The predicted molar refractivity (Wildman–Crippen MR) is 15.1 cm³/mol. The molecule has 0 amide bonds. The Kier molecular flexibility index (Phi) is 5.24. The molecule has 0 aliphatic rings. The second-order valence-corrected chi connectivity index (χ2v) is 2.21. The van der Waals surface area contributed by atoms with Crippen molar-refractivity contribution in [2.75, 3.05) is 0 Å². The summed E-state index contributed by atoms with van der Waals surface area (Å²) in [4.78, 5) is 0. The molecule has 0 saturated carbocycles. The van der Waals surface area contributed by atoms with Crippen molar-refractivity contribution >= 4 is 0 Å². The maximum atomic E-state index is 2.21. The van der Waals surface area contributed by atoms with Crippen molar-refractivity contribution in [1.29, 1.82) is 0 Å². The molecule has 1 heteroatoms. The molecule has 0 spiro atoms. The molecule has 0 atom stereocenters. The van der Waals surface area contributed by atoms with Crippen LogP contribution in [0.1, 0.15) is 13.3 Å². The zero-order chi connectivity index (χ0) is 3.41. The topological polar surface area (TPSA) is 0 Å². The van der Waals surface area contributed by atoms with Crippen molar-refractivity contribution in [3.8, 4) is 0 Å². The van der Waals surface area contributed by atoms with Crippen LogP contribution in [0, 0.1) is 0 Å². The van der Waals surface area contributed by atoms with Gasteiger partial charge in [0.25, 0.3) is 0 Å². The van der Waals surface area contributed by atoms with Gasteiger partial charge in [-0.25, -0.2) is 0 Å². The number of hydrogen-bond acceptors (Lipinski definition) is 0. The van der Waals surface area contributed by atoms with Crippen molar-refractivity contribution in [3.63, 3.8) is 0 Å². The molecule has 0 aromatic carbocycles. The Morgan fingerprint density at radius 1 is 1.75 bits per heavy atom. The van der Waals surface area contributed by atoms with E-state index in [4.69, 9.17) is 0 Å². The van der Waals surface area contributed by atoms with Gasteiger partial charge in [0.05, 0.1) is 0 Å². The predicted octanol–water partition coefficient (Wildman–Crippen LogP) is 1.36. The van der Waals surface area contributed by atoms with Gasteiger partial charge >= 0.3 is 47.5 Å². The third-order valence-corrected chi connectivity index (χ3v) is 1.71. The fourth-order valence-corrected chi connectivity index (χ4v) is 0. The summed E-state index contributed by atoms with van der Waals surface area (Å²) in [6.07, 6.45) is 1.38. The zero-order valence-electron chi connectivity index (χ0n) is 2.99. The van der Waals surface area contributed by atoms with Crippen LogP contribution >= 0.6 is 0 Å². The Morgan fingerprint density at radius 3 is 2.00 bits per heavy atom. The summed E-state index contributed by atoms with van der Waals surface area (Å²) in [7, 11) is 0. The van der Waals surface area contributed by atoms with Gasteiger partial charge in [-0.2, -0.15) is 0 Å². The number of hydrogen-bond donors (Lipinski definition) is 0. The molecule has 0 aromatic rings. The molecule has 22 valence electrons. The summed E-state index contributed by atoms with van der Waals surface area (Å²) in [6.45, 7) is 2.21. The summed E-state index contributed by atoms with van der Waals surface area (Å²) in [5, 5.41) is 0. The summed E-state index contributed by atoms with van der Waals surface area (Å²) in [5.74, 6) is 0. The van der Waals surface area contributed by atoms with Crippen LogP contribution in [0.3, 0.4) is 0 Å². The Morgan fingerprint density at radius 2 is 2.00 bits per heavy atom. The molecule has 4 heavy (non-hydrogen) atoms. The minimum absolute atomic E-state index is 1.38. The normalized spacial score (nSPS) is 7.00. The molecule has 0 unspecified atom stereocenters. The van der Waals surface area contributed by atoms with Crippen molar-refractivity contribution < 1.29 is 31.0 Å². The average molecular weight is 132 g/mol. The van der Waals surface area contributed by atoms with E-state index in [9.17, 15) is 0 Å². The van der Waals surface area contributed by atoms with Crippen molar-refractivity contribution in [2.45, 2.75) is 16.6 Å². The van der Waals surface area contributed by atoms with Gasteiger partial charge < -0.3 is 0 Å². The van der Waals surface area contributed by atoms with Crippen LogP contribution in [-0.2, 0) is 31.0 Å². The van der Waals surface area contributed by atoms with E-state index in [2.05, 4.69) is 6.92 Å². The second-order valence-electron chi connectivity index (χ2n) is 0.789. The standard InChI is InChI=1S/C3H7.Y/c1-3-2;/h1,3H2,2H3;. The summed E-state index contributed by atoms with van der Waals surface area (Å²) in [6, 6.07) is 0. The number of rotatable bonds is 1. The van der Waals surface area contributed by atoms with Crippen molar-refractivity contribution in [3.05, 3.63) is 0 Å². The SMILES string of the molecule is CC[CH2][Y]. The first-order chi connectivity index (χ1) is 1.91. The van der Waals surface area contributed by atoms with E-state index in [0.29, 0.717) is 0 Å². The molecule has 0 aliphatic heterocycles. The fourth-order valence-electron chi connectivity index (χ4n) is 0. The third-order valence-electron chi connectivity index (χ3n) is 0.289. The molecule has 0 radical (unpaired) electrons. The van der Waals surface area contributed by atoms with E-state index >= 15 is 0 Å². The molecule has 0 nitrogen and oxygen atoms in total. The van der Waals surface area contributed by atoms with Gasteiger partial charge in [-0.3, -0.25) is 0 Å². The van der Waals surface area contributed by atoms with Crippen molar-refractivity contribution in [2.24, 2.45) is 0 Å². The molecule has 0 N–H and O–H groups in total. The monoisotopic (exact) mass is 132 g/mol. The molecule has 0 fully saturated rings. The van der Waals surface area contributed by atoms with Gasteiger partial charge in [0, 0.05) is 0 Å². The van der Waals surface area contributed by atoms with E-state index in [-0.39, 0.29) is 0 Å². The van der Waals surface area contributed by atoms with E-state index in [1.165, 1.54) is 40.6 Å². The third kappa shape index (κ3) is 3.10. The molecule has 0 saturated heterocycles. The van der Waals surface area contributed by atoms with E-state index < -0.39 is 0 Å². The van der Waals surface area contributed by atoms with E-state index in [1.807, 2.05) is 0 Å². The fraction of sp³-hybridized carbons (Fsp3) is 1.00. The Hall–Kier alpha value is 1.10. The molecule has 0 aromatic heterocycles. The molecule has 0 bridgehead atoms. The first-order valence-electron chi connectivity index (χ1n) is 1.62. The quantitative estimate of drug-likeness (QED) is 0.505. The average Bonchev–Trinajstić information content (AvgIpc) is 1.37. The van der Waals surface area contributed by atoms with E-state index in [1.54, 1.807) is 0 Å². The van der Waals surface area contributed by atoms with Crippen LogP contribution in [0.2, 0.25) is 3.23 Å². The summed E-state index contributed by atoms with van der Waals surface area (Å²) >= 11 is 1.44. The first-order valence-corrected chi connectivity index (χ1v) is 3.62. The van der Waals surface area contributed by atoms with Crippen LogP contribution < -0.4 is 0 Å². The Bertz CT molecular complexity index is 5.25. The van der Waals surface area contributed by atoms with Gasteiger partial charge in [0.2, 0.25) is 0 Å². The first kappa shape index (κ1) is 5.10. The molecular formula is C3H7Y. The van der Waals surface area contributed by atoms with Gasteiger partial charge in [-0.15, -0.1) is 0 Å². The minimum atomic E-state index is 1.38. The summed E-state index contributed by atoms with van der Waals surface area (Å²) in [5.41, 5.74) is 0. The maximum absolute atomic E-state index is 2.21. The van der Waals surface area contributed by atoms with Crippen LogP contribution in [0.25, 0.3) is 0 Å². The van der Waals surface area contributed by atoms with Gasteiger partial charge in [-0.1, -0.05) is 0 Å². The van der Waals surface area contributed by atoms with Crippen LogP contribution in [-0.4, -0.2) is 0 Å². The van der Waals surface area contributed by atoms with E-state index in [0.717, 1.165) is 0 Å². The Labute approximate surface area is 47.4 Å².